The topological polar surface area (TPSA) is 79.0 Å². The number of rotatable bonds is 8. The van der Waals surface area contributed by atoms with Crippen LogP contribution in [0.2, 0.25) is 0 Å². The van der Waals surface area contributed by atoms with Crippen molar-refractivity contribution in [3.63, 3.8) is 0 Å². The minimum absolute atomic E-state index is 0.0452. The normalized spacial score (nSPS) is 16.0. The van der Waals surface area contributed by atoms with Crippen LogP contribution in [0.1, 0.15) is 11.8 Å². The molecule has 1 saturated heterocycles. The first-order valence-electron chi connectivity index (χ1n) is 9.23. The molecule has 1 aliphatic heterocycles. The molecule has 1 N–H and O–H groups in total. The number of carbonyl (C=O) groups is 1. The molecule has 3 rings (SSSR count). The number of piperazine rings is 1. The van der Waals surface area contributed by atoms with Gasteiger partial charge in [0.05, 0.1) is 24.6 Å². The number of benzene rings is 1. The zero-order valence-corrected chi connectivity index (χ0v) is 17.5. The Kier molecular flexibility index (Phi) is 7.06. The van der Waals surface area contributed by atoms with E-state index in [-0.39, 0.29) is 17.3 Å². The number of carbonyl (C=O) groups excluding carboxylic acids is 1. The van der Waals surface area contributed by atoms with Crippen molar-refractivity contribution in [2.45, 2.75) is 18.4 Å². The van der Waals surface area contributed by atoms with E-state index >= 15 is 0 Å². The fraction of sp³-hybridized carbons (Fsp3) is 0.421. The molecule has 0 atom stereocenters. The van der Waals surface area contributed by atoms with Crippen molar-refractivity contribution in [1.82, 2.24) is 14.5 Å². The summed E-state index contributed by atoms with van der Waals surface area (Å²) in [6.07, 6.45) is 0. The van der Waals surface area contributed by atoms with Crippen molar-refractivity contribution in [1.29, 1.82) is 0 Å². The van der Waals surface area contributed by atoms with Crippen LogP contribution in [0.4, 0.5) is 0 Å². The van der Waals surface area contributed by atoms with Gasteiger partial charge in [-0.1, -0.05) is 6.07 Å². The molecule has 1 aromatic heterocycles. The second-order valence-corrected chi connectivity index (χ2v) is 9.41. The highest BCUT2D eigenvalue weighted by molar-refractivity contribution is 7.89. The predicted octanol–water partition coefficient (Wildman–Crippen LogP) is 1.77. The lowest BCUT2D eigenvalue weighted by molar-refractivity contribution is -0.122. The van der Waals surface area contributed by atoms with E-state index in [9.17, 15) is 13.2 Å². The number of nitrogens with one attached hydrogen (secondary N) is 1. The molecule has 1 amide bonds. The van der Waals surface area contributed by atoms with E-state index < -0.39 is 10.0 Å². The average molecular weight is 424 g/mol. The van der Waals surface area contributed by atoms with Crippen molar-refractivity contribution in [2.75, 3.05) is 39.3 Å². The molecule has 2 heterocycles. The maximum atomic E-state index is 12.8. The molecular formula is C19H25N3O4S2. The van der Waals surface area contributed by atoms with E-state index in [4.69, 9.17) is 4.74 Å². The fourth-order valence-corrected chi connectivity index (χ4v) is 5.08. The molecule has 0 aliphatic carbocycles. The Morgan fingerprint density at radius 2 is 1.86 bits per heavy atom. The number of ether oxygens (including phenoxy) is 1. The summed E-state index contributed by atoms with van der Waals surface area (Å²) in [5.74, 6) is 0.607. The SMILES string of the molecule is CCOc1ccc(S(=O)(=O)N2CCN(CC(=O)NCc3cccs3)CC2)cc1. The van der Waals surface area contributed by atoms with Gasteiger partial charge in [-0.25, -0.2) is 8.42 Å². The van der Waals surface area contributed by atoms with Gasteiger partial charge >= 0.3 is 0 Å². The highest BCUT2D eigenvalue weighted by atomic mass is 32.2. The smallest absolute Gasteiger partial charge is 0.243 e. The van der Waals surface area contributed by atoms with Gasteiger partial charge in [-0.05, 0) is 42.6 Å². The second kappa shape index (κ2) is 9.51. The Morgan fingerprint density at radius 3 is 2.46 bits per heavy atom. The van der Waals surface area contributed by atoms with Crippen LogP contribution in [-0.2, 0) is 21.4 Å². The number of amides is 1. The van der Waals surface area contributed by atoms with E-state index in [1.54, 1.807) is 35.6 Å². The zero-order chi connectivity index (χ0) is 20.0. The Hall–Kier alpha value is -1.94. The van der Waals surface area contributed by atoms with Crippen LogP contribution in [0.15, 0.2) is 46.7 Å². The molecule has 9 heteroatoms. The Labute approximate surface area is 170 Å². The summed E-state index contributed by atoms with van der Waals surface area (Å²) in [5.41, 5.74) is 0. The minimum atomic E-state index is -3.53. The van der Waals surface area contributed by atoms with Gasteiger partial charge < -0.3 is 10.1 Å². The van der Waals surface area contributed by atoms with E-state index in [1.807, 2.05) is 29.3 Å². The van der Waals surface area contributed by atoms with Crippen LogP contribution < -0.4 is 10.1 Å². The summed E-state index contributed by atoms with van der Waals surface area (Å²) in [6, 6.07) is 10.4. The van der Waals surface area contributed by atoms with Gasteiger partial charge in [-0.15, -0.1) is 11.3 Å². The number of hydrogen-bond acceptors (Lipinski definition) is 6. The standard InChI is InChI=1S/C19H25N3O4S2/c1-2-26-16-5-7-18(8-6-16)28(24,25)22-11-9-21(10-12-22)15-19(23)20-14-17-4-3-13-27-17/h3-8,13H,2,9-12,14-15H2,1H3,(H,20,23). The van der Waals surface area contributed by atoms with Gasteiger partial charge in [0.25, 0.3) is 0 Å². The number of sulfonamides is 1. The van der Waals surface area contributed by atoms with Crippen LogP contribution in [-0.4, -0.2) is 62.9 Å². The molecule has 0 radical (unpaired) electrons. The summed E-state index contributed by atoms with van der Waals surface area (Å²) in [5, 5.41) is 4.88. The molecule has 7 nitrogen and oxygen atoms in total. The van der Waals surface area contributed by atoms with Crippen LogP contribution >= 0.6 is 11.3 Å². The lowest BCUT2D eigenvalue weighted by Crippen LogP contribution is -2.50. The van der Waals surface area contributed by atoms with Gasteiger partial charge in [0.1, 0.15) is 5.75 Å². The molecule has 0 spiro atoms. The van der Waals surface area contributed by atoms with Gasteiger partial charge in [-0.2, -0.15) is 4.31 Å². The molecule has 1 aromatic carbocycles. The highest BCUT2D eigenvalue weighted by Crippen LogP contribution is 2.21. The summed E-state index contributed by atoms with van der Waals surface area (Å²) in [6.45, 7) is 5.03. The number of thiophene rings is 1. The van der Waals surface area contributed by atoms with Crippen LogP contribution in [0.25, 0.3) is 0 Å². The largest absolute Gasteiger partial charge is 0.494 e. The quantitative estimate of drug-likeness (QED) is 0.700. The zero-order valence-electron chi connectivity index (χ0n) is 15.8. The molecule has 0 unspecified atom stereocenters. The maximum Gasteiger partial charge on any atom is 0.243 e. The second-order valence-electron chi connectivity index (χ2n) is 6.44. The predicted molar refractivity (Wildman–Crippen MR) is 109 cm³/mol. The van der Waals surface area contributed by atoms with E-state index in [1.165, 1.54) is 4.31 Å². The Bertz CT molecular complexity index is 859. The molecule has 1 fully saturated rings. The molecule has 152 valence electrons. The van der Waals surface area contributed by atoms with Crippen LogP contribution in [0, 0.1) is 0 Å². The van der Waals surface area contributed by atoms with E-state index in [0.29, 0.717) is 45.1 Å². The minimum Gasteiger partial charge on any atom is -0.494 e. The van der Waals surface area contributed by atoms with Crippen molar-refractivity contribution in [3.05, 3.63) is 46.7 Å². The van der Waals surface area contributed by atoms with Crippen molar-refractivity contribution < 1.29 is 17.9 Å². The summed E-state index contributed by atoms with van der Waals surface area (Å²) >= 11 is 1.61. The summed E-state index contributed by atoms with van der Waals surface area (Å²) in [7, 11) is -3.53. The first-order chi connectivity index (χ1) is 13.5. The Morgan fingerprint density at radius 1 is 1.14 bits per heavy atom. The van der Waals surface area contributed by atoms with Crippen molar-refractivity contribution >= 4 is 27.3 Å². The lowest BCUT2D eigenvalue weighted by atomic mass is 10.3. The van der Waals surface area contributed by atoms with Gasteiger partial charge in [0.2, 0.25) is 15.9 Å². The van der Waals surface area contributed by atoms with Crippen molar-refractivity contribution in [2.24, 2.45) is 0 Å². The van der Waals surface area contributed by atoms with Gasteiger partial charge in [0.15, 0.2) is 0 Å². The third-order valence-corrected chi connectivity index (χ3v) is 7.30. The summed E-state index contributed by atoms with van der Waals surface area (Å²) < 4.78 is 32.5. The monoisotopic (exact) mass is 423 g/mol. The summed E-state index contributed by atoms with van der Waals surface area (Å²) in [4.78, 5) is 15.5. The molecule has 28 heavy (non-hydrogen) atoms. The van der Waals surface area contributed by atoms with Gasteiger partial charge in [0, 0.05) is 31.1 Å². The molecular weight excluding hydrogens is 398 g/mol. The average Bonchev–Trinajstić information content (AvgIpc) is 3.21. The first-order valence-corrected chi connectivity index (χ1v) is 11.6. The van der Waals surface area contributed by atoms with Crippen LogP contribution in [0.3, 0.4) is 0 Å². The third kappa shape index (κ3) is 5.32. The highest BCUT2D eigenvalue weighted by Gasteiger charge is 2.29. The lowest BCUT2D eigenvalue weighted by Gasteiger charge is -2.33. The number of hydrogen-bond donors (Lipinski definition) is 1. The van der Waals surface area contributed by atoms with E-state index in [0.717, 1.165) is 4.88 Å². The molecule has 1 aliphatic rings. The fourth-order valence-electron chi connectivity index (χ4n) is 3.01. The third-order valence-electron chi connectivity index (χ3n) is 4.51. The molecule has 0 saturated carbocycles. The van der Waals surface area contributed by atoms with Crippen LogP contribution in [0.5, 0.6) is 5.75 Å². The number of nitrogens with zero attached hydrogens (tertiary/aromatic N) is 2. The molecule has 0 bridgehead atoms. The molecule has 2 aromatic rings. The van der Waals surface area contributed by atoms with Gasteiger partial charge in [-0.3, -0.25) is 9.69 Å². The van der Waals surface area contributed by atoms with Crippen molar-refractivity contribution in [3.8, 4) is 5.75 Å². The Balaban J connectivity index is 1.49. The van der Waals surface area contributed by atoms with E-state index in [2.05, 4.69) is 5.32 Å². The first kappa shape index (κ1) is 20.8. The maximum absolute atomic E-state index is 12.8.